The molecule has 0 radical (unpaired) electrons. The van der Waals surface area contributed by atoms with E-state index in [-0.39, 0.29) is 0 Å². The van der Waals surface area contributed by atoms with Crippen LogP contribution in [0.1, 0.15) is 22.5 Å². The molecule has 0 saturated heterocycles. The second kappa shape index (κ2) is 7.79. The summed E-state index contributed by atoms with van der Waals surface area (Å²) in [5, 5.41) is 7.27. The van der Waals surface area contributed by atoms with E-state index in [9.17, 15) is 0 Å². The molecule has 0 aliphatic heterocycles. The molecule has 1 N–H and O–H groups in total. The molecule has 1 aromatic heterocycles. The third kappa shape index (κ3) is 5.84. The van der Waals surface area contributed by atoms with Crippen molar-refractivity contribution in [3.05, 3.63) is 46.8 Å². The molecule has 0 aliphatic carbocycles. The number of aryl methyl sites for hydroxylation is 2. The lowest BCUT2D eigenvalue weighted by atomic mass is 10.0. The van der Waals surface area contributed by atoms with Crippen molar-refractivity contribution in [2.75, 3.05) is 13.4 Å². The Labute approximate surface area is 140 Å². The number of benzene rings is 1. The summed E-state index contributed by atoms with van der Waals surface area (Å²) in [6, 6.07) is 9.37. The molecule has 4 nitrogen and oxygen atoms in total. The van der Waals surface area contributed by atoms with E-state index in [4.69, 9.17) is 9.47 Å². The second-order valence-corrected chi connectivity index (χ2v) is 12.8. The van der Waals surface area contributed by atoms with Crippen molar-refractivity contribution in [2.24, 2.45) is 0 Å². The molecule has 126 valence electrons. The SMILES string of the molecule is Cc1n[nH]c(C)c1Cc1ccc(OCOCC[Si](C)(C)C)cc1. The summed E-state index contributed by atoms with van der Waals surface area (Å²) >= 11 is 0. The maximum atomic E-state index is 5.63. The minimum Gasteiger partial charge on any atom is -0.468 e. The first-order chi connectivity index (χ1) is 10.8. The first kappa shape index (κ1) is 17.8. The van der Waals surface area contributed by atoms with Gasteiger partial charge < -0.3 is 9.47 Å². The quantitative estimate of drug-likeness (QED) is 0.445. The Morgan fingerprint density at radius 3 is 2.35 bits per heavy atom. The van der Waals surface area contributed by atoms with Gasteiger partial charge in [-0.05, 0) is 37.6 Å². The third-order valence-electron chi connectivity index (χ3n) is 3.89. The van der Waals surface area contributed by atoms with Crippen LogP contribution in [0.3, 0.4) is 0 Å². The van der Waals surface area contributed by atoms with Crippen molar-refractivity contribution in [3.63, 3.8) is 0 Å². The van der Waals surface area contributed by atoms with Crippen LogP contribution < -0.4 is 4.74 Å². The van der Waals surface area contributed by atoms with Gasteiger partial charge in [0.25, 0.3) is 0 Å². The van der Waals surface area contributed by atoms with Crippen LogP contribution in [-0.4, -0.2) is 31.7 Å². The maximum Gasteiger partial charge on any atom is 0.189 e. The Balaban J connectivity index is 1.79. The Bertz CT molecular complexity index is 595. The molecule has 5 heteroatoms. The summed E-state index contributed by atoms with van der Waals surface area (Å²) in [5.74, 6) is 0.849. The first-order valence-corrected chi connectivity index (χ1v) is 11.9. The molecule has 2 aromatic rings. The Kier molecular flexibility index (Phi) is 6.02. The minimum absolute atomic E-state index is 0.323. The zero-order valence-electron chi connectivity index (χ0n) is 14.9. The van der Waals surface area contributed by atoms with Gasteiger partial charge in [0.05, 0.1) is 5.69 Å². The van der Waals surface area contributed by atoms with Gasteiger partial charge in [-0.15, -0.1) is 0 Å². The lowest BCUT2D eigenvalue weighted by molar-refractivity contribution is 0.0220. The molecule has 0 atom stereocenters. The molecule has 0 saturated carbocycles. The standard InChI is InChI=1S/C18H28N2O2Si/c1-14-18(15(2)20-19-14)12-16-6-8-17(9-7-16)22-13-21-10-11-23(3,4)5/h6-9H,10-13H2,1-5H3,(H,19,20). The molecule has 1 aromatic carbocycles. The maximum absolute atomic E-state index is 5.63. The van der Waals surface area contributed by atoms with Crippen LogP contribution in [0.15, 0.2) is 24.3 Å². The third-order valence-corrected chi connectivity index (χ3v) is 5.59. The molecule has 23 heavy (non-hydrogen) atoms. The Morgan fingerprint density at radius 2 is 1.78 bits per heavy atom. The van der Waals surface area contributed by atoms with Crippen molar-refractivity contribution < 1.29 is 9.47 Å². The highest BCUT2D eigenvalue weighted by molar-refractivity contribution is 6.76. The molecule has 0 spiro atoms. The van der Waals surface area contributed by atoms with Gasteiger partial charge in [-0.1, -0.05) is 31.8 Å². The summed E-state index contributed by atoms with van der Waals surface area (Å²) in [4.78, 5) is 0. The van der Waals surface area contributed by atoms with Gasteiger partial charge in [0.2, 0.25) is 0 Å². The molecule has 0 aliphatic rings. The van der Waals surface area contributed by atoms with Crippen LogP contribution in [0.4, 0.5) is 0 Å². The van der Waals surface area contributed by atoms with Gasteiger partial charge in [0, 0.05) is 32.4 Å². The predicted molar refractivity (Wildman–Crippen MR) is 96.9 cm³/mol. The summed E-state index contributed by atoms with van der Waals surface area (Å²) in [7, 11) is -1.02. The summed E-state index contributed by atoms with van der Waals surface area (Å²) in [6.45, 7) is 12.2. The monoisotopic (exact) mass is 332 g/mol. The number of hydrogen-bond acceptors (Lipinski definition) is 3. The molecule has 1 heterocycles. The molecule has 0 unspecified atom stereocenters. The van der Waals surface area contributed by atoms with Crippen molar-refractivity contribution in [1.82, 2.24) is 10.2 Å². The largest absolute Gasteiger partial charge is 0.468 e. The predicted octanol–water partition coefficient (Wildman–Crippen LogP) is 4.31. The number of aromatic nitrogens is 2. The van der Waals surface area contributed by atoms with Crippen LogP contribution in [-0.2, 0) is 11.2 Å². The highest BCUT2D eigenvalue weighted by atomic mass is 28.3. The topological polar surface area (TPSA) is 47.1 Å². The van der Waals surface area contributed by atoms with Crippen LogP contribution in [0, 0.1) is 13.8 Å². The van der Waals surface area contributed by atoms with Gasteiger partial charge in [-0.25, -0.2) is 0 Å². The van der Waals surface area contributed by atoms with E-state index in [1.807, 2.05) is 19.1 Å². The van der Waals surface area contributed by atoms with Crippen LogP contribution >= 0.6 is 0 Å². The van der Waals surface area contributed by atoms with Crippen molar-refractivity contribution in [2.45, 2.75) is 46.0 Å². The van der Waals surface area contributed by atoms with E-state index in [1.165, 1.54) is 17.2 Å². The molecular weight excluding hydrogens is 304 g/mol. The normalized spacial score (nSPS) is 11.7. The number of hydrogen-bond donors (Lipinski definition) is 1. The second-order valence-electron chi connectivity index (χ2n) is 7.21. The van der Waals surface area contributed by atoms with Crippen molar-refractivity contribution >= 4 is 8.07 Å². The minimum atomic E-state index is -1.02. The fourth-order valence-corrected chi connectivity index (χ4v) is 3.05. The van der Waals surface area contributed by atoms with Gasteiger partial charge >= 0.3 is 0 Å². The van der Waals surface area contributed by atoms with Gasteiger partial charge in [-0.2, -0.15) is 5.10 Å². The van der Waals surface area contributed by atoms with E-state index >= 15 is 0 Å². The van der Waals surface area contributed by atoms with Crippen LogP contribution in [0.25, 0.3) is 0 Å². The first-order valence-electron chi connectivity index (χ1n) is 8.15. The van der Waals surface area contributed by atoms with Gasteiger partial charge in [-0.3, -0.25) is 5.10 Å². The number of nitrogens with zero attached hydrogens (tertiary/aromatic N) is 1. The fourth-order valence-electron chi connectivity index (χ4n) is 2.29. The number of rotatable bonds is 8. The van der Waals surface area contributed by atoms with E-state index < -0.39 is 8.07 Å². The van der Waals surface area contributed by atoms with E-state index in [0.29, 0.717) is 6.79 Å². The summed E-state index contributed by atoms with van der Waals surface area (Å²) < 4.78 is 11.2. The van der Waals surface area contributed by atoms with Crippen LogP contribution in [0.2, 0.25) is 25.7 Å². The van der Waals surface area contributed by atoms with Crippen molar-refractivity contribution in [1.29, 1.82) is 0 Å². The highest BCUT2D eigenvalue weighted by Crippen LogP contribution is 2.18. The van der Waals surface area contributed by atoms with E-state index in [0.717, 1.165) is 30.2 Å². The van der Waals surface area contributed by atoms with Crippen LogP contribution in [0.5, 0.6) is 5.75 Å². The Morgan fingerprint density at radius 1 is 1.09 bits per heavy atom. The van der Waals surface area contributed by atoms with Crippen molar-refractivity contribution in [3.8, 4) is 5.75 Å². The summed E-state index contributed by atoms with van der Waals surface area (Å²) in [6.07, 6.45) is 0.890. The van der Waals surface area contributed by atoms with Gasteiger partial charge in [0.1, 0.15) is 5.75 Å². The number of nitrogens with one attached hydrogen (secondary N) is 1. The molecule has 0 fully saturated rings. The lowest BCUT2D eigenvalue weighted by Gasteiger charge is -2.15. The molecule has 0 bridgehead atoms. The Hall–Kier alpha value is -1.59. The molecule has 2 rings (SSSR count). The van der Waals surface area contributed by atoms with Gasteiger partial charge in [0.15, 0.2) is 6.79 Å². The molecule has 0 amide bonds. The zero-order valence-corrected chi connectivity index (χ0v) is 15.9. The number of H-pyrrole nitrogens is 1. The fraction of sp³-hybridized carbons (Fsp3) is 0.500. The average Bonchev–Trinajstić information content (AvgIpc) is 2.79. The zero-order chi connectivity index (χ0) is 16.9. The summed E-state index contributed by atoms with van der Waals surface area (Å²) in [5.41, 5.74) is 4.73. The number of ether oxygens (including phenoxy) is 2. The smallest absolute Gasteiger partial charge is 0.189 e. The van der Waals surface area contributed by atoms with E-state index in [1.54, 1.807) is 0 Å². The lowest BCUT2D eigenvalue weighted by Crippen LogP contribution is -2.22. The highest BCUT2D eigenvalue weighted by Gasteiger charge is 2.12. The van der Waals surface area contributed by atoms with E-state index in [2.05, 4.69) is 48.9 Å². The average molecular weight is 333 g/mol. The number of aromatic amines is 1. The molecular formula is C18H28N2O2Si.